The van der Waals surface area contributed by atoms with Crippen molar-refractivity contribution in [3.63, 3.8) is 0 Å². The maximum atomic E-state index is 12.4. The summed E-state index contributed by atoms with van der Waals surface area (Å²) in [5, 5.41) is 11.2. The fourth-order valence-corrected chi connectivity index (χ4v) is 4.99. The number of cyclic esters (lactones) is 1. The second-order valence-corrected chi connectivity index (χ2v) is 9.90. The number of carbonyl (C=O) groups is 1. The Morgan fingerprint density at radius 2 is 1.76 bits per heavy atom. The van der Waals surface area contributed by atoms with Gasteiger partial charge in [-0.05, 0) is 86.3 Å². The van der Waals surface area contributed by atoms with Crippen LogP contribution in [0.25, 0.3) is 6.08 Å². The summed E-state index contributed by atoms with van der Waals surface area (Å²) in [6.07, 6.45) is 1.58. The lowest BCUT2D eigenvalue weighted by atomic mass is 10.1. The zero-order valence-electron chi connectivity index (χ0n) is 17.6. The van der Waals surface area contributed by atoms with Crippen LogP contribution in [0.4, 0.5) is 5.69 Å². The molecule has 172 valence electrons. The summed E-state index contributed by atoms with van der Waals surface area (Å²) < 4.78 is 13.6. The van der Waals surface area contributed by atoms with E-state index < -0.39 is 10.9 Å². The molecule has 4 rings (SSSR count). The first-order chi connectivity index (χ1) is 16.2. The van der Waals surface area contributed by atoms with Crippen LogP contribution >= 0.6 is 47.8 Å². The molecule has 1 aliphatic rings. The molecule has 1 heterocycles. The summed E-state index contributed by atoms with van der Waals surface area (Å²) >= 11 is 10.5. The van der Waals surface area contributed by atoms with E-state index in [0.29, 0.717) is 38.0 Å². The number of halogens is 3. The van der Waals surface area contributed by atoms with Crippen molar-refractivity contribution in [2.45, 2.75) is 13.5 Å². The van der Waals surface area contributed by atoms with E-state index in [0.717, 1.165) is 10.0 Å². The molecule has 0 bridgehead atoms. The third kappa shape index (κ3) is 5.29. The van der Waals surface area contributed by atoms with Crippen LogP contribution in [0.2, 0.25) is 0 Å². The van der Waals surface area contributed by atoms with Crippen LogP contribution in [0.3, 0.4) is 0 Å². The second-order valence-electron chi connectivity index (χ2n) is 7.27. The number of nitro benzene ring substituents is 1. The van der Waals surface area contributed by atoms with Crippen LogP contribution in [-0.2, 0) is 16.1 Å². The molecule has 0 fully saturated rings. The monoisotopic (exact) mass is 648 g/mol. The summed E-state index contributed by atoms with van der Waals surface area (Å²) in [6.45, 7) is 1.97. The highest BCUT2D eigenvalue weighted by Gasteiger charge is 2.27. The smallest absolute Gasteiger partial charge is 0.363 e. The predicted octanol–water partition coefficient (Wildman–Crippen LogP) is 7.11. The van der Waals surface area contributed by atoms with E-state index in [1.807, 2.05) is 24.3 Å². The third-order valence-electron chi connectivity index (χ3n) is 4.97. The van der Waals surface area contributed by atoms with E-state index in [-0.39, 0.29) is 17.3 Å². The first-order valence-corrected chi connectivity index (χ1v) is 12.2. The minimum atomic E-state index is -0.635. The van der Waals surface area contributed by atoms with Gasteiger partial charge in [-0.1, -0.05) is 34.1 Å². The van der Waals surface area contributed by atoms with Crippen molar-refractivity contribution in [2.24, 2.45) is 4.99 Å². The summed E-state index contributed by atoms with van der Waals surface area (Å²) in [4.78, 5) is 27.4. The van der Waals surface area contributed by atoms with E-state index in [4.69, 9.17) is 9.47 Å². The van der Waals surface area contributed by atoms with Crippen molar-refractivity contribution in [1.29, 1.82) is 0 Å². The van der Waals surface area contributed by atoms with E-state index in [1.165, 1.54) is 12.1 Å². The number of rotatable bonds is 6. The van der Waals surface area contributed by atoms with Crippen LogP contribution in [0.5, 0.6) is 5.75 Å². The van der Waals surface area contributed by atoms with Gasteiger partial charge < -0.3 is 9.47 Å². The zero-order valence-corrected chi connectivity index (χ0v) is 22.3. The number of esters is 1. The number of hydrogen-bond acceptors (Lipinski definition) is 6. The average Bonchev–Trinajstić information content (AvgIpc) is 3.14. The Bertz CT molecular complexity index is 1340. The average molecular weight is 651 g/mol. The molecule has 0 aliphatic carbocycles. The van der Waals surface area contributed by atoms with Crippen LogP contribution in [-0.4, -0.2) is 16.8 Å². The Morgan fingerprint density at radius 1 is 1.09 bits per heavy atom. The highest BCUT2D eigenvalue weighted by atomic mass is 79.9. The molecule has 3 aromatic rings. The van der Waals surface area contributed by atoms with Crippen molar-refractivity contribution in [1.82, 2.24) is 0 Å². The minimum Gasteiger partial charge on any atom is -0.487 e. The van der Waals surface area contributed by atoms with Crippen molar-refractivity contribution in [3.05, 3.63) is 106 Å². The molecule has 1 aliphatic heterocycles. The SMILES string of the molecule is Cc1c(C2=N/C(=C\c3cc(Br)c(OCc4ccc(Br)cc4)c(Br)c3)C(=O)O2)cccc1[N+](=O)[O-]. The maximum absolute atomic E-state index is 12.4. The minimum absolute atomic E-state index is 0.0324. The number of nitro groups is 1. The van der Waals surface area contributed by atoms with Crippen molar-refractivity contribution >= 4 is 71.4 Å². The van der Waals surface area contributed by atoms with Gasteiger partial charge in [0.15, 0.2) is 5.70 Å². The number of benzene rings is 3. The van der Waals surface area contributed by atoms with Gasteiger partial charge in [-0.15, -0.1) is 0 Å². The van der Waals surface area contributed by atoms with Crippen LogP contribution in [0, 0.1) is 17.0 Å². The van der Waals surface area contributed by atoms with Gasteiger partial charge in [-0.2, -0.15) is 0 Å². The van der Waals surface area contributed by atoms with Crippen LogP contribution in [0.1, 0.15) is 22.3 Å². The van der Waals surface area contributed by atoms with Gasteiger partial charge >= 0.3 is 5.97 Å². The Labute approximate surface area is 220 Å². The van der Waals surface area contributed by atoms with Gasteiger partial charge in [0.05, 0.1) is 13.9 Å². The molecule has 0 atom stereocenters. The lowest BCUT2D eigenvalue weighted by Crippen LogP contribution is -2.08. The molecule has 10 heteroatoms. The number of hydrogen-bond donors (Lipinski definition) is 0. The van der Waals surface area contributed by atoms with Crippen molar-refractivity contribution in [2.75, 3.05) is 0 Å². The molecule has 0 saturated carbocycles. The fourth-order valence-electron chi connectivity index (χ4n) is 3.27. The normalized spacial score (nSPS) is 14.2. The highest BCUT2D eigenvalue weighted by Crippen LogP contribution is 2.36. The molecule has 0 radical (unpaired) electrons. The Balaban J connectivity index is 1.58. The van der Waals surface area contributed by atoms with Gasteiger partial charge in [-0.3, -0.25) is 10.1 Å². The zero-order chi connectivity index (χ0) is 24.4. The Kier molecular flexibility index (Phi) is 7.30. The molecular weight excluding hydrogens is 636 g/mol. The first kappa shape index (κ1) is 24.3. The van der Waals surface area contributed by atoms with Gasteiger partial charge in [-0.25, -0.2) is 9.79 Å². The van der Waals surface area contributed by atoms with E-state index in [1.54, 1.807) is 31.2 Å². The van der Waals surface area contributed by atoms with Crippen molar-refractivity contribution < 1.29 is 19.2 Å². The van der Waals surface area contributed by atoms with Crippen LogP contribution in [0.15, 0.2) is 78.7 Å². The summed E-state index contributed by atoms with van der Waals surface area (Å²) in [5.41, 5.74) is 2.48. The Hall–Kier alpha value is -2.82. The maximum Gasteiger partial charge on any atom is 0.363 e. The summed E-state index contributed by atoms with van der Waals surface area (Å²) in [7, 11) is 0. The van der Waals surface area contributed by atoms with Crippen molar-refractivity contribution in [3.8, 4) is 5.75 Å². The number of nitrogens with zero attached hydrogens (tertiary/aromatic N) is 2. The molecule has 0 amide bonds. The summed E-state index contributed by atoms with van der Waals surface area (Å²) in [5.74, 6) is 0.0178. The first-order valence-electron chi connectivity index (χ1n) is 9.86. The molecule has 0 saturated heterocycles. The second kappa shape index (κ2) is 10.2. The highest BCUT2D eigenvalue weighted by molar-refractivity contribution is 9.11. The van der Waals surface area contributed by atoms with E-state index in [9.17, 15) is 14.9 Å². The molecule has 3 aromatic carbocycles. The molecule has 0 spiro atoms. The van der Waals surface area contributed by atoms with E-state index in [2.05, 4.69) is 52.8 Å². The topological polar surface area (TPSA) is 91.0 Å². The largest absolute Gasteiger partial charge is 0.487 e. The molecular formula is C24H15Br3N2O5. The standard InChI is InChI=1S/C24H15Br3N2O5/c1-13-17(3-2-4-21(13)29(31)32)23-28-20(24(30)34-23)11-15-9-18(26)22(19(27)10-15)33-12-14-5-7-16(25)8-6-14/h2-11H,12H2,1H3/b20-11-. The number of ether oxygens (including phenoxy) is 2. The molecule has 34 heavy (non-hydrogen) atoms. The fraction of sp³-hybridized carbons (Fsp3) is 0.0833. The third-order valence-corrected chi connectivity index (χ3v) is 6.68. The van der Waals surface area contributed by atoms with Gasteiger partial charge in [0, 0.05) is 21.7 Å². The molecule has 0 unspecified atom stereocenters. The van der Waals surface area contributed by atoms with Gasteiger partial charge in [0.25, 0.3) is 5.69 Å². The lowest BCUT2D eigenvalue weighted by molar-refractivity contribution is -0.385. The predicted molar refractivity (Wildman–Crippen MR) is 139 cm³/mol. The number of aliphatic imine (C=N–C) groups is 1. The summed E-state index contributed by atoms with van der Waals surface area (Å²) in [6, 6.07) is 16.0. The van der Waals surface area contributed by atoms with Gasteiger partial charge in [0.1, 0.15) is 12.4 Å². The lowest BCUT2D eigenvalue weighted by Gasteiger charge is -2.11. The number of carbonyl (C=O) groups excluding carboxylic acids is 1. The Morgan fingerprint density at radius 3 is 2.41 bits per heavy atom. The van der Waals surface area contributed by atoms with E-state index >= 15 is 0 Å². The molecule has 0 N–H and O–H groups in total. The molecule has 0 aromatic heterocycles. The van der Waals surface area contributed by atoms with Crippen LogP contribution < -0.4 is 4.74 Å². The van der Waals surface area contributed by atoms with Gasteiger partial charge in [0.2, 0.25) is 5.90 Å². The molecule has 7 nitrogen and oxygen atoms in total. The quantitative estimate of drug-likeness (QED) is 0.123.